The van der Waals surface area contributed by atoms with Gasteiger partial charge in [0, 0.05) is 10.2 Å². The van der Waals surface area contributed by atoms with Crippen LogP contribution in [0.15, 0.2) is 11.8 Å². The molecule has 0 aromatic rings. The Hall–Kier alpha value is -1.39. The van der Waals surface area contributed by atoms with Crippen LogP contribution in [0.2, 0.25) is 0 Å². The predicted octanol–water partition coefficient (Wildman–Crippen LogP) is 1.32. The largest absolute Gasteiger partial charge is 0.402 e. The third-order valence-corrected chi connectivity index (χ3v) is 0.662. The first-order chi connectivity index (χ1) is 5.57. The molecule has 3 N–H and O–H groups in total. The Kier molecular flexibility index (Phi) is 8.50. The van der Waals surface area contributed by atoms with Crippen LogP contribution in [0.1, 0.15) is 20.8 Å². The van der Waals surface area contributed by atoms with Gasteiger partial charge in [-0.3, -0.25) is 5.41 Å². The molecule has 0 fully saturated rings. The van der Waals surface area contributed by atoms with E-state index in [0.717, 1.165) is 6.08 Å². The topological polar surface area (TPSA) is 76.2 Å². The maximum absolute atomic E-state index is 11.0. The summed E-state index contributed by atoms with van der Waals surface area (Å²) < 4.78 is 11.0. The van der Waals surface area contributed by atoms with E-state index in [1.54, 1.807) is 0 Å². The number of carbonyl (C=O) groups excluding carboxylic acids is 1. The molecule has 0 aliphatic heterocycles. The molecule has 0 bridgehead atoms. The van der Waals surface area contributed by atoms with Crippen LogP contribution in [0.3, 0.4) is 0 Å². The number of nitrogens with one attached hydrogen (secondary N) is 1. The van der Waals surface area contributed by atoms with Crippen molar-refractivity contribution < 1.29 is 14.3 Å². The van der Waals surface area contributed by atoms with Crippen LogP contribution in [0.25, 0.3) is 0 Å². The Morgan fingerprint density at radius 3 is 2.25 bits per heavy atom. The van der Waals surface area contributed by atoms with E-state index in [1.807, 2.05) is 13.8 Å². The fourth-order valence-electron chi connectivity index (χ4n) is 0.328. The number of rotatable bonds is 2. The van der Waals surface area contributed by atoms with Gasteiger partial charge in [0.2, 0.25) is 0 Å². The highest BCUT2D eigenvalue weighted by atomic mass is 19.3. The van der Waals surface area contributed by atoms with Gasteiger partial charge in [-0.25, -0.2) is 9.74 Å². The van der Waals surface area contributed by atoms with Crippen LogP contribution in [-0.4, -0.2) is 11.7 Å². The zero-order valence-corrected chi connectivity index (χ0v) is 7.35. The Balaban J connectivity index is 0. The van der Waals surface area contributed by atoms with Crippen molar-refractivity contribution in [2.45, 2.75) is 20.8 Å². The van der Waals surface area contributed by atoms with Crippen LogP contribution in [0.4, 0.5) is 4.53 Å². The van der Waals surface area contributed by atoms with E-state index in [-0.39, 0.29) is 5.70 Å². The molecule has 0 saturated carbocycles. The van der Waals surface area contributed by atoms with E-state index in [2.05, 4.69) is 4.94 Å². The minimum atomic E-state index is -1.34. The molecule has 0 aliphatic rings. The third kappa shape index (κ3) is 6.73. The molecule has 5 heteroatoms. The van der Waals surface area contributed by atoms with Crippen molar-refractivity contribution in [1.82, 2.24) is 0 Å². The van der Waals surface area contributed by atoms with E-state index in [9.17, 15) is 9.32 Å². The molecule has 0 rings (SSSR count). The Labute approximate surface area is 70.6 Å². The van der Waals surface area contributed by atoms with Crippen molar-refractivity contribution in [3.05, 3.63) is 11.8 Å². The first-order valence-corrected chi connectivity index (χ1v) is 3.43. The molecule has 0 aliphatic carbocycles. The monoisotopic (exact) mass is 176 g/mol. The van der Waals surface area contributed by atoms with Crippen molar-refractivity contribution in [3.8, 4) is 0 Å². The average Bonchev–Trinajstić information content (AvgIpc) is 2.05. The lowest BCUT2D eigenvalue weighted by Crippen LogP contribution is -2.11. The van der Waals surface area contributed by atoms with Crippen LogP contribution >= 0.6 is 0 Å². The highest BCUT2D eigenvalue weighted by molar-refractivity contribution is 6.39. The van der Waals surface area contributed by atoms with E-state index in [0.29, 0.717) is 0 Å². The molecular weight excluding hydrogens is 163 g/mol. The smallest absolute Gasteiger partial charge is 0.397 e. The standard InChI is InChI=1S/C5H7FN2O2.C2H6/c1-3(7)2-4(8)5(9)10-6;1-2/h2,8H,7H2,1H3;1-2H3/b3-2-,8-4?;. The second-order valence-corrected chi connectivity index (χ2v) is 1.67. The summed E-state index contributed by atoms with van der Waals surface area (Å²) in [5.41, 5.74) is 4.71. The summed E-state index contributed by atoms with van der Waals surface area (Å²) in [7, 11) is 0. The molecule has 0 atom stereocenters. The van der Waals surface area contributed by atoms with Crippen molar-refractivity contribution in [2.24, 2.45) is 5.73 Å². The summed E-state index contributed by atoms with van der Waals surface area (Å²) in [6, 6.07) is 0. The minimum Gasteiger partial charge on any atom is -0.402 e. The van der Waals surface area contributed by atoms with Crippen molar-refractivity contribution >= 4 is 11.7 Å². The fourth-order valence-corrected chi connectivity index (χ4v) is 0.328. The first-order valence-electron chi connectivity index (χ1n) is 3.43. The Morgan fingerprint density at radius 1 is 1.58 bits per heavy atom. The molecule has 70 valence electrons. The Morgan fingerprint density at radius 2 is 2.00 bits per heavy atom. The zero-order chi connectivity index (χ0) is 10.1. The maximum Gasteiger partial charge on any atom is 0.397 e. The van der Waals surface area contributed by atoms with E-state index in [4.69, 9.17) is 11.1 Å². The van der Waals surface area contributed by atoms with Crippen molar-refractivity contribution in [2.75, 3.05) is 0 Å². The molecule has 12 heavy (non-hydrogen) atoms. The normalized spacial score (nSPS) is 9.50. The van der Waals surface area contributed by atoms with Gasteiger partial charge < -0.3 is 5.73 Å². The number of hydrogen-bond donors (Lipinski definition) is 2. The lowest BCUT2D eigenvalue weighted by Gasteiger charge is -1.90. The molecule has 0 unspecified atom stereocenters. The maximum atomic E-state index is 11.0. The van der Waals surface area contributed by atoms with Gasteiger partial charge in [0.05, 0.1) is 0 Å². The lowest BCUT2D eigenvalue weighted by molar-refractivity contribution is -0.174. The molecule has 0 heterocycles. The van der Waals surface area contributed by atoms with Gasteiger partial charge in [-0.1, -0.05) is 13.8 Å². The molecule has 0 aromatic carbocycles. The van der Waals surface area contributed by atoms with E-state index < -0.39 is 11.7 Å². The lowest BCUT2D eigenvalue weighted by atomic mass is 10.3. The summed E-state index contributed by atoms with van der Waals surface area (Å²) >= 11 is 0. The Bertz CT molecular complexity index is 186. The second kappa shape index (κ2) is 7.71. The van der Waals surface area contributed by atoms with E-state index in [1.165, 1.54) is 6.92 Å². The van der Waals surface area contributed by atoms with Crippen LogP contribution in [0, 0.1) is 5.41 Å². The number of nitrogens with two attached hydrogens (primary N) is 1. The van der Waals surface area contributed by atoms with Gasteiger partial charge in [0.15, 0.2) is 0 Å². The number of allylic oxidation sites excluding steroid dienone is 1. The molecule has 4 nitrogen and oxygen atoms in total. The highest BCUT2D eigenvalue weighted by Crippen LogP contribution is 1.87. The summed E-state index contributed by atoms with van der Waals surface area (Å²) in [5, 5.41) is 6.75. The number of halogens is 1. The highest BCUT2D eigenvalue weighted by Gasteiger charge is 2.07. The van der Waals surface area contributed by atoms with E-state index >= 15 is 0 Å². The second-order valence-electron chi connectivity index (χ2n) is 1.67. The number of carbonyl (C=O) groups is 1. The predicted molar refractivity (Wildman–Crippen MR) is 44.2 cm³/mol. The average molecular weight is 176 g/mol. The van der Waals surface area contributed by atoms with Gasteiger partial charge in [0.25, 0.3) is 0 Å². The van der Waals surface area contributed by atoms with Gasteiger partial charge in [-0.05, 0) is 13.0 Å². The third-order valence-electron chi connectivity index (χ3n) is 0.662. The molecule has 0 spiro atoms. The summed E-state index contributed by atoms with van der Waals surface area (Å²) in [6.45, 7) is 5.47. The molecule has 0 saturated heterocycles. The summed E-state index contributed by atoms with van der Waals surface area (Å²) in [4.78, 5) is 12.9. The van der Waals surface area contributed by atoms with Crippen molar-refractivity contribution in [1.29, 1.82) is 5.41 Å². The molecule has 0 amide bonds. The van der Waals surface area contributed by atoms with Gasteiger partial charge in [-0.15, -0.1) is 0 Å². The molecular formula is C7H13FN2O2. The first kappa shape index (κ1) is 13.2. The van der Waals surface area contributed by atoms with Crippen LogP contribution in [-0.2, 0) is 9.74 Å². The summed E-state index contributed by atoms with van der Waals surface area (Å²) in [5.74, 6) is -1.34. The van der Waals surface area contributed by atoms with Crippen LogP contribution < -0.4 is 5.73 Å². The van der Waals surface area contributed by atoms with Gasteiger partial charge in [-0.2, -0.15) is 0 Å². The SMILES string of the molecule is C/C(N)=C/C(=N)C(=O)OF.CC. The quantitative estimate of drug-likeness (QED) is 0.623. The van der Waals surface area contributed by atoms with Crippen LogP contribution in [0.5, 0.6) is 0 Å². The molecule has 0 radical (unpaired) electrons. The fraction of sp³-hybridized carbons (Fsp3) is 0.429. The van der Waals surface area contributed by atoms with Gasteiger partial charge in [0.1, 0.15) is 5.71 Å². The summed E-state index contributed by atoms with van der Waals surface area (Å²) in [6.07, 6.45) is 1.00. The molecule has 0 aromatic heterocycles. The van der Waals surface area contributed by atoms with Gasteiger partial charge >= 0.3 is 5.97 Å². The number of hydrogen-bond acceptors (Lipinski definition) is 4. The minimum absolute atomic E-state index is 0.246. The zero-order valence-electron chi connectivity index (χ0n) is 7.35. The van der Waals surface area contributed by atoms with Crippen molar-refractivity contribution in [3.63, 3.8) is 0 Å².